The zero-order valence-corrected chi connectivity index (χ0v) is 18.4. The molecule has 2 aromatic carbocycles. The van der Waals surface area contributed by atoms with Crippen LogP contribution in [0.1, 0.15) is 16.8 Å². The van der Waals surface area contributed by atoms with Crippen LogP contribution >= 0.6 is 0 Å². The highest BCUT2D eigenvalue weighted by atomic mass is 16.5. The molecule has 0 amide bonds. The van der Waals surface area contributed by atoms with Crippen molar-refractivity contribution in [3.05, 3.63) is 83.8 Å². The molecule has 0 bridgehead atoms. The third-order valence-corrected chi connectivity index (χ3v) is 5.90. The number of hydrogen-bond donors (Lipinski definition) is 1. The third-order valence-electron chi connectivity index (χ3n) is 5.90. The van der Waals surface area contributed by atoms with Crippen LogP contribution in [0.15, 0.2) is 67.0 Å². The van der Waals surface area contributed by atoms with Crippen LogP contribution in [0.25, 0.3) is 27.7 Å². The van der Waals surface area contributed by atoms with Gasteiger partial charge in [0.2, 0.25) is 0 Å². The fourth-order valence-corrected chi connectivity index (χ4v) is 3.95. The van der Waals surface area contributed by atoms with Crippen LogP contribution in [-0.2, 0) is 22.4 Å². The van der Waals surface area contributed by atoms with Gasteiger partial charge in [-0.2, -0.15) is 9.61 Å². The Labute approximate surface area is 191 Å². The van der Waals surface area contributed by atoms with E-state index in [1.165, 1.54) is 7.11 Å². The van der Waals surface area contributed by atoms with E-state index >= 15 is 0 Å². The normalized spacial score (nSPS) is 11.2. The van der Waals surface area contributed by atoms with E-state index in [0.717, 1.165) is 44.3 Å². The lowest BCUT2D eigenvalue weighted by Gasteiger charge is -2.11. The molecule has 0 aliphatic carbocycles. The van der Waals surface area contributed by atoms with Gasteiger partial charge >= 0.3 is 5.97 Å². The lowest BCUT2D eigenvalue weighted by atomic mass is 9.91. The van der Waals surface area contributed by atoms with E-state index < -0.39 is 0 Å². The summed E-state index contributed by atoms with van der Waals surface area (Å²) in [5.41, 5.74) is 13.7. The van der Waals surface area contributed by atoms with E-state index in [-0.39, 0.29) is 12.4 Å². The van der Waals surface area contributed by atoms with Crippen molar-refractivity contribution in [2.24, 2.45) is 0 Å². The third kappa shape index (κ3) is 3.91. The molecule has 0 saturated heterocycles. The maximum absolute atomic E-state index is 11.5. The van der Waals surface area contributed by atoms with E-state index in [4.69, 9.17) is 15.5 Å². The minimum Gasteiger partial charge on any atom is -0.469 e. The summed E-state index contributed by atoms with van der Waals surface area (Å²) in [7, 11) is 3.35. The molecule has 0 saturated carbocycles. The SMILES string of the molecule is Bc1c(Cc2ccc(CC(=O)OC)cc2)nc2c(-c3cnc4ccccc4c3)cnn2c1N. The maximum Gasteiger partial charge on any atom is 0.309 e. The van der Waals surface area contributed by atoms with Crippen LogP contribution in [0.5, 0.6) is 0 Å². The zero-order chi connectivity index (χ0) is 22.9. The topological polar surface area (TPSA) is 95.4 Å². The van der Waals surface area contributed by atoms with Gasteiger partial charge in [0, 0.05) is 34.8 Å². The highest BCUT2D eigenvalue weighted by molar-refractivity contribution is 6.36. The van der Waals surface area contributed by atoms with E-state index in [1.54, 1.807) is 10.7 Å². The molecule has 0 radical (unpaired) electrons. The Kier molecular flexibility index (Phi) is 5.26. The van der Waals surface area contributed by atoms with Crippen molar-refractivity contribution in [1.82, 2.24) is 19.6 Å². The molecule has 3 aromatic heterocycles. The molecule has 7 nitrogen and oxygen atoms in total. The first-order valence-electron chi connectivity index (χ1n) is 10.7. The number of ether oxygens (including phenoxy) is 1. The first kappa shape index (κ1) is 20.7. The van der Waals surface area contributed by atoms with Gasteiger partial charge in [0.05, 0.1) is 25.2 Å². The number of carbonyl (C=O) groups excluding carboxylic acids is 1. The molecular formula is C25H22BN5O2. The Morgan fingerprint density at radius 3 is 2.64 bits per heavy atom. The molecule has 5 aromatic rings. The Hall–Kier alpha value is -4.20. The fraction of sp³-hybridized carbons (Fsp3) is 0.120. The second-order valence-electron chi connectivity index (χ2n) is 8.03. The van der Waals surface area contributed by atoms with Crippen molar-refractivity contribution in [2.75, 3.05) is 12.8 Å². The molecule has 162 valence electrons. The Bertz CT molecular complexity index is 1490. The summed E-state index contributed by atoms with van der Waals surface area (Å²) in [5, 5.41) is 5.55. The summed E-state index contributed by atoms with van der Waals surface area (Å²) in [6, 6.07) is 18.0. The number of aromatic nitrogens is 4. The number of hydrogen-bond acceptors (Lipinski definition) is 6. The van der Waals surface area contributed by atoms with Crippen LogP contribution < -0.4 is 11.2 Å². The average molecular weight is 435 g/mol. The first-order chi connectivity index (χ1) is 16.0. The van der Waals surface area contributed by atoms with Gasteiger partial charge in [-0.3, -0.25) is 9.78 Å². The van der Waals surface area contributed by atoms with Crippen molar-refractivity contribution in [1.29, 1.82) is 0 Å². The zero-order valence-electron chi connectivity index (χ0n) is 18.4. The number of esters is 1. The first-order valence-corrected chi connectivity index (χ1v) is 10.7. The predicted octanol–water partition coefficient (Wildman–Crippen LogP) is 2.09. The molecular weight excluding hydrogens is 413 g/mol. The van der Waals surface area contributed by atoms with Crippen molar-refractivity contribution < 1.29 is 9.53 Å². The average Bonchev–Trinajstić information content (AvgIpc) is 3.27. The van der Waals surface area contributed by atoms with E-state index in [2.05, 4.69) is 16.1 Å². The van der Waals surface area contributed by atoms with E-state index in [1.807, 2.05) is 62.6 Å². The number of nitrogens with two attached hydrogens (primary N) is 1. The predicted molar refractivity (Wildman–Crippen MR) is 131 cm³/mol. The molecule has 33 heavy (non-hydrogen) atoms. The summed E-state index contributed by atoms with van der Waals surface area (Å²) < 4.78 is 6.42. The van der Waals surface area contributed by atoms with Gasteiger partial charge in [-0.05, 0) is 28.7 Å². The second kappa shape index (κ2) is 8.39. The summed E-state index contributed by atoms with van der Waals surface area (Å²) in [6.07, 6.45) is 4.50. The van der Waals surface area contributed by atoms with Crippen molar-refractivity contribution in [2.45, 2.75) is 12.8 Å². The monoisotopic (exact) mass is 435 g/mol. The van der Waals surface area contributed by atoms with Crippen molar-refractivity contribution in [3.8, 4) is 11.1 Å². The Balaban J connectivity index is 1.52. The number of benzene rings is 2. The smallest absolute Gasteiger partial charge is 0.309 e. The van der Waals surface area contributed by atoms with E-state index in [9.17, 15) is 4.79 Å². The van der Waals surface area contributed by atoms with Gasteiger partial charge in [0.25, 0.3) is 0 Å². The lowest BCUT2D eigenvalue weighted by Crippen LogP contribution is -2.22. The van der Waals surface area contributed by atoms with Gasteiger partial charge in [-0.15, -0.1) is 0 Å². The Morgan fingerprint density at radius 1 is 1.09 bits per heavy atom. The summed E-state index contributed by atoms with van der Waals surface area (Å²) in [5.74, 6) is 0.312. The quantitative estimate of drug-likeness (QED) is 0.336. The molecule has 0 atom stereocenters. The van der Waals surface area contributed by atoms with Crippen molar-refractivity contribution in [3.63, 3.8) is 0 Å². The molecule has 8 heteroatoms. The van der Waals surface area contributed by atoms with Gasteiger partial charge in [-0.1, -0.05) is 42.5 Å². The summed E-state index contributed by atoms with van der Waals surface area (Å²) >= 11 is 0. The minimum atomic E-state index is -0.255. The number of rotatable bonds is 5. The highest BCUT2D eigenvalue weighted by Gasteiger charge is 2.16. The lowest BCUT2D eigenvalue weighted by molar-refractivity contribution is -0.139. The largest absolute Gasteiger partial charge is 0.469 e. The number of carbonyl (C=O) groups is 1. The fourth-order valence-electron chi connectivity index (χ4n) is 3.95. The van der Waals surface area contributed by atoms with Gasteiger partial charge < -0.3 is 10.5 Å². The van der Waals surface area contributed by atoms with E-state index in [0.29, 0.717) is 17.9 Å². The van der Waals surface area contributed by atoms with Crippen LogP contribution in [0.4, 0.5) is 5.82 Å². The second-order valence-corrected chi connectivity index (χ2v) is 8.03. The number of nitrogen functional groups attached to an aromatic ring is 1. The molecule has 5 rings (SSSR count). The standard InChI is InChI=1S/C25H22BN5O2/c1-33-22(32)11-16-8-6-15(7-9-16)10-21-23(26)24(27)31-25(30-21)19(14-29-31)18-12-17-4-2-3-5-20(17)28-13-18/h2-9,12-14H,10-11,26-27H2,1H3. The molecule has 3 heterocycles. The number of pyridine rings is 1. The summed E-state index contributed by atoms with van der Waals surface area (Å²) in [4.78, 5) is 21.0. The van der Waals surface area contributed by atoms with Crippen LogP contribution in [0.3, 0.4) is 0 Å². The van der Waals surface area contributed by atoms with Crippen LogP contribution in [0.2, 0.25) is 0 Å². The number of nitrogens with zero attached hydrogens (tertiary/aromatic N) is 4. The minimum absolute atomic E-state index is 0.255. The molecule has 0 fully saturated rings. The Morgan fingerprint density at radius 2 is 1.85 bits per heavy atom. The number of anilines is 1. The maximum atomic E-state index is 11.5. The molecule has 2 N–H and O–H groups in total. The number of methoxy groups -OCH3 is 1. The van der Waals surface area contributed by atoms with Gasteiger partial charge in [0.1, 0.15) is 13.7 Å². The van der Waals surface area contributed by atoms with Gasteiger partial charge in [-0.25, -0.2) is 4.98 Å². The molecule has 0 aliphatic heterocycles. The highest BCUT2D eigenvalue weighted by Crippen LogP contribution is 2.27. The van der Waals surface area contributed by atoms with Gasteiger partial charge in [0.15, 0.2) is 5.65 Å². The molecule has 0 aliphatic rings. The summed E-state index contributed by atoms with van der Waals surface area (Å²) in [6.45, 7) is 0. The van der Waals surface area contributed by atoms with Crippen molar-refractivity contribution >= 4 is 41.6 Å². The molecule has 0 spiro atoms. The van der Waals surface area contributed by atoms with Crippen LogP contribution in [0, 0.1) is 0 Å². The number of para-hydroxylation sites is 1. The molecule has 0 unspecified atom stereocenters. The van der Waals surface area contributed by atoms with Crippen LogP contribution in [-0.4, -0.2) is 40.5 Å². The number of fused-ring (bicyclic) bond motifs is 2.